The van der Waals surface area contributed by atoms with Gasteiger partial charge in [0.15, 0.2) is 0 Å². The molecule has 0 radical (unpaired) electrons. The minimum absolute atomic E-state index is 0.215. The van der Waals surface area contributed by atoms with E-state index < -0.39 is 0 Å². The van der Waals surface area contributed by atoms with Crippen molar-refractivity contribution in [1.29, 1.82) is 0 Å². The summed E-state index contributed by atoms with van der Waals surface area (Å²) in [7, 11) is 1.97. The van der Waals surface area contributed by atoms with Gasteiger partial charge < -0.3 is 14.8 Å². The van der Waals surface area contributed by atoms with E-state index in [1.54, 1.807) is 24.5 Å². The lowest BCUT2D eigenvalue weighted by Gasteiger charge is -2.16. The number of aromatic nitrogens is 5. The van der Waals surface area contributed by atoms with E-state index in [9.17, 15) is 4.79 Å². The fourth-order valence-corrected chi connectivity index (χ4v) is 3.83. The van der Waals surface area contributed by atoms with E-state index in [0.29, 0.717) is 11.4 Å². The Morgan fingerprint density at radius 2 is 1.87 bits per heavy atom. The van der Waals surface area contributed by atoms with Crippen LogP contribution in [-0.4, -0.2) is 43.5 Å². The highest BCUT2D eigenvalue weighted by atomic mass is 16.1. The van der Waals surface area contributed by atoms with Gasteiger partial charge in [-0.3, -0.25) is 4.79 Å². The molecule has 1 amide bonds. The first-order valence-electron chi connectivity index (χ1n) is 10.4. The Hall–Kier alpha value is -3.81. The number of hydrogen-bond acceptors (Lipinski definition) is 6. The summed E-state index contributed by atoms with van der Waals surface area (Å²) in [5.41, 5.74) is 3.08. The molecule has 0 aromatic carbocycles. The van der Waals surface area contributed by atoms with E-state index >= 15 is 0 Å². The summed E-state index contributed by atoms with van der Waals surface area (Å²) in [6, 6.07) is 9.28. The zero-order valence-corrected chi connectivity index (χ0v) is 17.5. The van der Waals surface area contributed by atoms with Crippen LogP contribution in [0.2, 0.25) is 0 Å². The van der Waals surface area contributed by atoms with Crippen LogP contribution >= 0.6 is 0 Å². The molecule has 8 nitrogen and oxygen atoms in total. The van der Waals surface area contributed by atoms with E-state index in [2.05, 4.69) is 25.2 Å². The molecule has 0 atom stereocenters. The lowest BCUT2D eigenvalue weighted by atomic mass is 10.2. The van der Waals surface area contributed by atoms with Crippen LogP contribution in [-0.2, 0) is 7.05 Å². The van der Waals surface area contributed by atoms with Gasteiger partial charge in [0.2, 0.25) is 0 Å². The number of carbonyl (C=O) groups excluding carboxylic acids is 1. The van der Waals surface area contributed by atoms with Gasteiger partial charge in [-0.15, -0.1) is 0 Å². The maximum absolute atomic E-state index is 12.8. The second-order valence-electron chi connectivity index (χ2n) is 7.76. The molecule has 0 aliphatic carbocycles. The summed E-state index contributed by atoms with van der Waals surface area (Å²) in [6.45, 7) is 3.92. The Morgan fingerprint density at radius 3 is 2.65 bits per heavy atom. The highest BCUT2D eigenvalue weighted by molar-refractivity contribution is 6.04. The summed E-state index contributed by atoms with van der Waals surface area (Å²) in [5, 5.41) is 3.79. The molecular weight excluding hydrogens is 390 g/mol. The van der Waals surface area contributed by atoms with E-state index in [1.807, 2.05) is 42.9 Å². The summed E-state index contributed by atoms with van der Waals surface area (Å²) in [5.74, 6) is 2.01. The summed E-state index contributed by atoms with van der Waals surface area (Å²) in [6.07, 6.45) is 7.53. The van der Waals surface area contributed by atoms with Gasteiger partial charge >= 0.3 is 0 Å². The Bertz CT molecular complexity index is 1270. The number of carbonyl (C=O) groups is 1. The van der Waals surface area contributed by atoms with Gasteiger partial charge in [0.1, 0.15) is 17.5 Å². The highest BCUT2D eigenvalue weighted by Crippen LogP contribution is 2.23. The minimum atomic E-state index is -0.215. The maximum Gasteiger partial charge on any atom is 0.257 e. The van der Waals surface area contributed by atoms with Gasteiger partial charge in [-0.25, -0.2) is 19.9 Å². The standard InChI is InChI=1S/C23H23N7O/c1-15-25-14-20(29(15)2)18-6-5-17-13-26-21(12-19(17)27-18)28-23(31)16-7-8-24-22(11-16)30-9-3-4-10-30/h5-8,11-14H,3-4,9-10H2,1-2H3,(H,26,28,31). The summed E-state index contributed by atoms with van der Waals surface area (Å²) >= 11 is 0. The van der Waals surface area contributed by atoms with Crippen molar-refractivity contribution in [1.82, 2.24) is 24.5 Å². The quantitative estimate of drug-likeness (QED) is 0.550. The number of fused-ring (bicyclic) bond motifs is 1. The largest absolute Gasteiger partial charge is 0.357 e. The first-order chi connectivity index (χ1) is 15.1. The van der Waals surface area contributed by atoms with Gasteiger partial charge in [0.05, 0.1) is 23.1 Å². The van der Waals surface area contributed by atoms with Gasteiger partial charge in [-0.05, 0) is 44.0 Å². The Morgan fingerprint density at radius 1 is 1.03 bits per heavy atom. The number of nitrogens with zero attached hydrogens (tertiary/aromatic N) is 6. The monoisotopic (exact) mass is 413 g/mol. The van der Waals surface area contributed by atoms with Crippen molar-refractivity contribution in [3.8, 4) is 11.4 Å². The van der Waals surface area contributed by atoms with Crippen molar-refractivity contribution in [3.05, 3.63) is 60.3 Å². The number of aryl methyl sites for hydroxylation is 1. The fourth-order valence-electron chi connectivity index (χ4n) is 3.83. The molecule has 8 heteroatoms. The first kappa shape index (κ1) is 19.2. The van der Waals surface area contributed by atoms with Crippen molar-refractivity contribution >= 4 is 28.4 Å². The van der Waals surface area contributed by atoms with Gasteiger partial charge in [-0.1, -0.05) is 0 Å². The highest BCUT2D eigenvalue weighted by Gasteiger charge is 2.16. The fraction of sp³-hybridized carbons (Fsp3) is 0.261. The van der Waals surface area contributed by atoms with Crippen LogP contribution in [0.25, 0.3) is 22.3 Å². The SMILES string of the molecule is Cc1ncc(-c2ccc3cnc(NC(=O)c4ccnc(N5CCCC5)c4)cc3n2)n1C. The maximum atomic E-state index is 12.8. The Balaban J connectivity index is 1.40. The third kappa shape index (κ3) is 3.72. The lowest BCUT2D eigenvalue weighted by Crippen LogP contribution is -2.20. The van der Waals surface area contributed by atoms with Crippen molar-refractivity contribution in [2.45, 2.75) is 19.8 Å². The van der Waals surface area contributed by atoms with E-state index in [4.69, 9.17) is 4.98 Å². The molecule has 1 aliphatic heterocycles. The normalized spacial score (nSPS) is 13.7. The molecule has 1 N–H and O–H groups in total. The predicted octanol–water partition coefficient (Wildman–Crippen LogP) is 3.59. The molecule has 0 unspecified atom stereocenters. The predicted molar refractivity (Wildman–Crippen MR) is 120 cm³/mol. The minimum Gasteiger partial charge on any atom is -0.357 e. The zero-order chi connectivity index (χ0) is 21.4. The molecule has 1 aliphatic rings. The zero-order valence-electron chi connectivity index (χ0n) is 17.5. The Labute approximate surface area is 180 Å². The molecule has 5 rings (SSSR count). The number of amides is 1. The molecule has 0 bridgehead atoms. The van der Waals surface area contributed by atoms with Crippen molar-refractivity contribution in [3.63, 3.8) is 0 Å². The number of nitrogens with one attached hydrogen (secondary N) is 1. The third-order valence-electron chi connectivity index (χ3n) is 5.74. The van der Waals surface area contributed by atoms with E-state index in [1.165, 1.54) is 0 Å². The third-order valence-corrected chi connectivity index (χ3v) is 5.74. The van der Waals surface area contributed by atoms with Crippen LogP contribution in [0.15, 0.2) is 48.9 Å². The van der Waals surface area contributed by atoms with Crippen LogP contribution in [0.4, 0.5) is 11.6 Å². The Kier molecular flexibility index (Phi) is 4.82. The molecule has 156 valence electrons. The number of hydrogen-bond donors (Lipinski definition) is 1. The average molecular weight is 413 g/mol. The molecule has 4 aromatic heterocycles. The van der Waals surface area contributed by atoms with Crippen LogP contribution in [0.3, 0.4) is 0 Å². The van der Waals surface area contributed by atoms with E-state index in [0.717, 1.165) is 59.9 Å². The molecular formula is C23H23N7O. The van der Waals surface area contributed by atoms with Gasteiger partial charge in [0, 0.05) is 49.5 Å². The molecule has 4 aromatic rings. The molecule has 0 spiro atoms. The number of imidazole rings is 1. The summed E-state index contributed by atoms with van der Waals surface area (Å²) in [4.78, 5) is 32.9. The number of rotatable bonds is 4. The second-order valence-corrected chi connectivity index (χ2v) is 7.76. The smallest absolute Gasteiger partial charge is 0.257 e. The van der Waals surface area contributed by atoms with Crippen LogP contribution in [0.1, 0.15) is 29.0 Å². The molecule has 31 heavy (non-hydrogen) atoms. The van der Waals surface area contributed by atoms with Crippen molar-refractivity contribution in [2.75, 3.05) is 23.3 Å². The van der Waals surface area contributed by atoms with Crippen LogP contribution < -0.4 is 10.2 Å². The van der Waals surface area contributed by atoms with Gasteiger partial charge in [-0.2, -0.15) is 0 Å². The van der Waals surface area contributed by atoms with Crippen molar-refractivity contribution < 1.29 is 4.79 Å². The molecule has 0 saturated carbocycles. The van der Waals surface area contributed by atoms with E-state index in [-0.39, 0.29) is 5.91 Å². The van der Waals surface area contributed by atoms with Crippen molar-refractivity contribution in [2.24, 2.45) is 7.05 Å². The molecule has 1 fully saturated rings. The average Bonchev–Trinajstić information content (AvgIpc) is 3.44. The van der Waals surface area contributed by atoms with Crippen LogP contribution in [0.5, 0.6) is 0 Å². The number of anilines is 2. The second kappa shape index (κ2) is 7.79. The first-order valence-corrected chi connectivity index (χ1v) is 10.4. The lowest BCUT2D eigenvalue weighted by molar-refractivity contribution is 0.102. The number of pyridine rings is 3. The van der Waals surface area contributed by atoms with Gasteiger partial charge in [0.25, 0.3) is 5.91 Å². The molecule has 1 saturated heterocycles. The molecule has 5 heterocycles. The topological polar surface area (TPSA) is 88.8 Å². The summed E-state index contributed by atoms with van der Waals surface area (Å²) < 4.78 is 2.00. The van der Waals surface area contributed by atoms with Crippen LogP contribution in [0, 0.1) is 6.92 Å².